The number of rotatable bonds is 6. The number of carboxylic acid groups (broad SMARTS) is 1. The van der Waals surface area contributed by atoms with Crippen LogP contribution in [0.1, 0.15) is 42.7 Å². The molecular weight excluding hydrogens is 432 g/mol. The minimum absolute atomic E-state index is 0.102. The van der Waals surface area contributed by atoms with Gasteiger partial charge in [-0.1, -0.05) is 36.4 Å². The lowest BCUT2D eigenvalue weighted by atomic mass is 9.88. The van der Waals surface area contributed by atoms with Gasteiger partial charge in [0.1, 0.15) is 18.2 Å². The lowest BCUT2D eigenvalue weighted by Gasteiger charge is -2.37. The summed E-state index contributed by atoms with van der Waals surface area (Å²) in [5.41, 5.74) is 1.01. The number of carboxylic acids is 1. The van der Waals surface area contributed by atoms with Gasteiger partial charge in [0, 0.05) is 37.3 Å². The summed E-state index contributed by atoms with van der Waals surface area (Å²) in [6.07, 6.45) is 1.15. The Morgan fingerprint density at radius 2 is 1.76 bits per heavy atom. The van der Waals surface area contributed by atoms with Gasteiger partial charge in [0.15, 0.2) is 0 Å². The molecule has 2 fully saturated rings. The van der Waals surface area contributed by atoms with Crippen LogP contribution in [0.2, 0.25) is 0 Å². The van der Waals surface area contributed by atoms with Crippen molar-refractivity contribution in [1.29, 1.82) is 0 Å². The number of ether oxygens (including phenoxy) is 2. The molecule has 0 spiro atoms. The third kappa shape index (κ3) is 5.33. The summed E-state index contributed by atoms with van der Waals surface area (Å²) in [5.74, 6) is -4.10. The zero-order chi connectivity index (χ0) is 23.4. The van der Waals surface area contributed by atoms with Crippen molar-refractivity contribution < 1.29 is 33.0 Å². The van der Waals surface area contributed by atoms with Gasteiger partial charge in [-0.25, -0.2) is 13.6 Å². The van der Waals surface area contributed by atoms with Crippen LogP contribution >= 0.6 is 0 Å². The number of hydrogen-bond acceptors (Lipinski definition) is 4. The Balaban J connectivity index is 1.57. The minimum atomic E-state index is -1.06. The average Bonchev–Trinajstić information content (AvgIpc) is 3.24. The molecule has 0 unspecified atom stereocenters. The van der Waals surface area contributed by atoms with E-state index >= 15 is 0 Å². The first-order valence-electron chi connectivity index (χ1n) is 11.2. The van der Waals surface area contributed by atoms with Crippen molar-refractivity contribution in [3.63, 3.8) is 0 Å². The Morgan fingerprint density at radius 1 is 1.03 bits per heavy atom. The Kier molecular flexibility index (Phi) is 7.23. The smallest absolute Gasteiger partial charge is 0.410 e. The van der Waals surface area contributed by atoms with Crippen molar-refractivity contribution in [2.75, 3.05) is 13.2 Å². The summed E-state index contributed by atoms with van der Waals surface area (Å²) in [7, 11) is 0. The second-order valence-electron chi connectivity index (χ2n) is 8.63. The predicted octanol–water partition coefficient (Wildman–Crippen LogP) is 4.73. The van der Waals surface area contributed by atoms with Gasteiger partial charge in [-0.15, -0.1) is 0 Å². The van der Waals surface area contributed by atoms with Crippen molar-refractivity contribution in [3.05, 3.63) is 71.3 Å². The van der Waals surface area contributed by atoms with Crippen LogP contribution in [0, 0.1) is 17.6 Å². The molecule has 2 aromatic rings. The molecule has 4 rings (SSSR count). The van der Waals surface area contributed by atoms with Gasteiger partial charge in [-0.2, -0.15) is 0 Å². The van der Waals surface area contributed by atoms with E-state index in [2.05, 4.69) is 0 Å². The number of aliphatic carboxylic acids is 1. The van der Waals surface area contributed by atoms with Gasteiger partial charge >= 0.3 is 12.1 Å². The zero-order valence-electron chi connectivity index (χ0n) is 18.2. The van der Waals surface area contributed by atoms with Crippen molar-refractivity contribution in [1.82, 2.24) is 4.90 Å². The van der Waals surface area contributed by atoms with Crippen molar-refractivity contribution in [2.24, 2.45) is 5.92 Å². The second kappa shape index (κ2) is 10.3. The maximum absolute atomic E-state index is 14.5. The van der Waals surface area contributed by atoms with E-state index in [-0.39, 0.29) is 31.1 Å². The highest BCUT2D eigenvalue weighted by Gasteiger charge is 2.46. The molecule has 8 heteroatoms. The van der Waals surface area contributed by atoms with Gasteiger partial charge in [-0.3, -0.25) is 4.79 Å². The number of amides is 1. The fourth-order valence-corrected chi connectivity index (χ4v) is 5.01. The topological polar surface area (TPSA) is 76.1 Å². The van der Waals surface area contributed by atoms with Crippen LogP contribution in [0.15, 0.2) is 48.5 Å². The van der Waals surface area contributed by atoms with Crippen LogP contribution < -0.4 is 0 Å². The summed E-state index contributed by atoms with van der Waals surface area (Å²) < 4.78 is 39.0. The highest BCUT2D eigenvalue weighted by Crippen LogP contribution is 2.44. The van der Waals surface area contributed by atoms with E-state index < -0.39 is 41.6 Å². The normalized spacial score (nSPS) is 23.3. The van der Waals surface area contributed by atoms with E-state index in [0.717, 1.165) is 17.7 Å². The van der Waals surface area contributed by atoms with Crippen LogP contribution in [0.25, 0.3) is 0 Å². The number of halogens is 2. The number of carbonyl (C=O) groups excluding carboxylic acids is 1. The van der Waals surface area contributed by atoms with Crippen molar-refractivity contribution in [3.8, 4) is 0 Å². The molecule has 176 valence electrons. The maximum Gasteiger partial charge on any atom is 0.410 e. The van der Waals surface area contributed by atoms with Crippen LogP contribution in [0.3, 0.4) is 0 Å². The first-order valence-corrected chi connectivity index (χ1v) is 11.2. The monoisotopic (exact) mass is 459 g/mol. The van der Waals surface area contributed by atoms with E-state index in [1.807, 2.05) is 30.3 Å². The van der Waals surface area contributed by atoms with E-state index in [1.54, 1.807) is 4.90 Å². The van der Waals surface area contributed by atoms with Gasteiger partial charge in [0.25, 0.3) is 0 Å². The molecule has 1 amide bonds. The molecule has 1 aliphatic heterocycles. The zero-order valence-corrected chi connectivity index (χ0v) is 18.2. The summed E-state index contributed by atoms with van der Waals surface area (Å²) >= 11 is 0. The first-order chi connectivity index (χ1) is 15.9. The SMILES string of the molecule is O=C(O)[C@@H]1C[C@H](N(C(=O)OCc2ccccc2)C2CCOCC2)C[C@H]1c1ccc(F)cc1F. The molecule has 0 aromatic heterocycles. The molecule has 1 N–H and O–H groups in total. The third-order valence-electron chi connectivity index (χ3n) is 6.61. The van der Waals surface area contributed by atoms with E-state index in [9.17, 15) is 23.5 Å². The van der Waals surface area contributed by atoms with Crippen LogP contribution in [-0.2, 0) is 20.9 Å². The molecule has 1 aliphatic carbocycles. The summed E-state index contributed by atoms with van der Waals surface area (Å²) in [6.45, 7) is 1.10. The third-order valence-corrected chi connectivity index (χ3v) is 6.61. The Bertz CT molecular complexity index is 980. The number of nitrogens with zero attached hydrogens (tertiary/aromatic N) is 1. The number of benzene rings is 2. The molecule has 1 heterocycles. The predicted molar refractivity (Wildman–Crippen MR) is 116 cm³/mol. The molecule has 2 aliphatic rings. The first kappa shape index (κ1) is 23.2. The molecule has 0 radical (unpaired) electrons. The van der Waals surface area contributed by atoms with E-state index in [0.29, 0.717) is 26.1 Å². The molecule has 2 aromatic carbocycles. The highest BCUT2D eigenvalue weighted by molar-refractivity contribution is 5.73. The van der Waals surface area contributed by atoms with Gasteiger partial charge < -0.3 is 19.5 Å². The van der Waals surface area contributed by atoms with Crippen molar-refractivity contribution in [2.45, 2.75) is 50.3 Å². The van der Waals surface area contributed by atoms with Crippen LogP contribution in [0.4, 0.5) is 13.6 Å². The standard InChI is InChI=1S/C25H27F2NO5/c26-17-6-7-20(23(27)12-17)21-13-19(14-22(21)24(29)30)28(18-8-10-32-11-9-18)25(31)33-15-16-4-2-1-3-5-16/h1-7,12,18-19,21-22H,8-11,13-15H2,(H,29,30)/t19-,21+,22-/m1/s1. The lowest BCUT2D eigenvalue weighted by Crippen LogP contribution is -2.49. The summed E-state index contributed by atoms with van der Waals surface area (Å²) in [4.78, 5) is 26.9. The maximum atomic E-state index is 14.5. The number of carbonyl (C=O) groups is 2. The molecule has 1 saturated heterocycles. The quantitative estimate of drug-likeness (QED) is 0.676. The fraction of sp³-hybridized carbons (Fsp3) is 0.440. The molecule has 3 atom stereocenters. The molecule has 6 nitrogen and oxygen atoms in total. The van der Waals surface area contributed by atoms with Gasteiger partial charge in [0.2, 0.25) is 0 Å². The lowest BCUT2D eigenvalue weighted by molar-refractivity contribution is -0.142. The summed E-state index contributed by atoms with van der Waals surface area (Å²) in [5, 5.41) is 9.84. The molecule has 1 saturated carbocycles. The second-order valence-corrected chi connectivity index (χ2v) is 8.63. The average molecular weight is 459 g/mol. The molecule has 33 heavy (non-hydrogen) atoms. The Labute approximate surface area is 191 Å². The van der Waals surface area contributed by atoms with Gasteiger partial charge in [0.05, 0.1) is 5.92 Å². The van der Waals surface area contributed by atoms with Crippen LogP contribution in [-0.4, -0.2) is 47.4 Å². The highest BCUT2D eigenvalue weighted by atomic mass is 19.1. The van der Waals surface area contributed by atoms with Crippen molar-refractivity contribution >= 4 is 12.1 Å². The molecular formula is C25H27F2NO5. The largest absolute Gasteiger partial charge is 0.481 e. The van der Waals surface area contributed by atoms with Gasteiger partial charge in [-0.05, 0) is 42.9 Å². The Hall–Kier alpha value is -3.00. The van der Waals surface area contributed by atoms with E-state index in [4.69, 9.17) is 9.47 Å². The number of hydrogen-bond donors (Lipinski definition) is 1. The minimum Gasteiger partial charge on any atom is -0.481 e. The fourth-order valence-electron chi connectivity index (χ4n) is 5.01. The molecule has 0 bridgehead atoms. The van der Waals surface area contributed by atoms with E-state index in [1.165, 1.54) is 6.07 Å². The summed E-state index contributed by atoms with van der Waals surface area (Å²) in [6, 6.07) is 11.9. The van der Waals surface area contributed by atoms with Crippen LogP contribution in [0.5, 0.6) is 0 Å². The Morgan fingerprint density at radius 3 is 2.42 bits per heavy atom.